The Morgan fingerprint density at radius 3 is 2.49 bits per heavy atom. The van der Waals surface area contributed by atoms with E-state index in [1.54, 1.807) is 0 Å². The second-order valence-electron chi connectivity index (χ2n) is 9.58. The van der Waals surface area contributed by atoms with Crippen LogP contribution < -0.4 is 25.6 Å². The molecule has 5 rings (SSSR count). The minimum absolute atomic E-state index is 0.235. The third-order valence-electron chi connectivity index (χ3n) is 6.64. The first kappa shape index (κ1) is 25.3. The number of amides is 1. The van der Waals surface area contributed by atoms with Crippen LogP contribution in [0.3, 0.4) is 0 Å². The molecule has 2 saturated carbocycles. The predicted molar refractivity (Wildman–Crippen MR) is 146 cm³/mol. The van der Waals surface area contributed by atoms with Crippen LogP contribution in [0.25, 0.3) is 11.0 Å². The van der Waals surface area contributed by atoms with Crippen molar-refractivity contribution < 1.29 is 14.3 Å². The summed E-state index contributed by atoms with van der Waals surface area (Å²) in [6.45, 7) is 5.66. The van der Waals surface area contributed by atoms with Gasteiger partial charge in [-0.3, -0.25) is 20.3 Å². The maximum absolute atomic E-state index is 13.3. The lowest BCUT2D eigenvalue weighted by Crippen LogP contribution is -2.47. The number of hydrogen-bond acceptors (Lipinski definition) is 6. The van der Waals surface area contributed by atoms with Crippen molar-refractivity contribution in [3.05, 3.63) is 46.8 Å². The van der Waals surface area contributed by atoms with Gasteiger partial charge in [-0.1, -0.05) is 6.07 Å². The molecule has 2 heterocycles. The van der Waals surface area contributed by atoms with E-state index in [1.165, 1.54) is 0 Å². The summed E-state index contributed by atoms with van der Waals surface area (Å²) in [5, 5.41) is 9.07. The van der Waals surface area contributed by atoms with E-state index in [0.717, 1.165) is 71.6 Å². The van der Waals surface area contributed by atoms with E-state index in [9.17, 15) is 4.79 Å². The van der Waals surface area contributed by atoms with Gasteiger partial charge in [0.05, 0.1) is 29.9 Å². The van der Waals surface area contributed by atoms with Gasteiger partial charge in [-0.2, -0.15) is 5.10 Å². The molecule has 3 aromatic rings. The van der Waals surface area contributed by atoms with Crippen LogP contribution >= 0.6 is 12.2 Å². The van der Waals surface area contributed by atoms with Crippen LogP contribution in [0.1, 0.15) is 78.7 Å². The minimum atomic E-state index is -0.235. The molecule has 0 bridgehead atoms. The van der Waals surface area contributed by atoms with Crippen LogP contribution in [-0.4, -0.2) is 45.5 Å². The van der Waals surface area contributed by atoms with Gasteiger partial charge in [0.15, 0.2) is 22.3 Å². The van der Waals surface area contributed by atoms with E-state index in [4.69, 9.17) is 31.8 Å². The molecule has 9 nitrogen and oxygen atoms in total. The zero-order valence-corrected chi connectivity index (χ0v) is 22.4. The smallest absolute Gasteiger partial charge is 0.270 e. The number of carbonyl (C=O) groups is 1. The van der Waals surface area contributed by atoms with E-state index in [2.05, 4.69) is 16.2 Å². The molecule has 0 atom stereocenters. The zero-order chi connectivity index (χ0) is 25.9. The average Bonchev–Trinajstić information content (AvgIpc) is 3.81. The van der Waals surface area contributed by atoms with Crippen molar-refractivity contribution in [2.75, 3.05) is 19.8 Å². The number of hydrazine groups is 1. The monoisotopic (exact) mass is 522 g/mol. The van der Waals surface area contributed by atoms with Crippen molar-refractivity contribution in [1.29, 1.82) is 0 Å². The van der Waals surface area contributed by atoms with E-state index in [1.807, 2.05) is 49.8 Å². The number of ether oxygens (including phenoxy) is 2. The highest BCUT2D eigenvalue weighted by Gasteiger charge is 2.33. The zero-order valence-electron chi connectivity index (χ0n) is 21.6. The lowest BCUT2D eigenvalue weighted by Gasteiger charge is -2.14. The van der Waals surface area contributed by atoms with Gasteiger partial charge in [-0.25, -0.2) is 4.98 Å². The average molecular weight is 523 g/mol. The second-order valence-corrected chi connectivity index (χ2v) is 9.99. The maximum atomic E-state index is 13.3. The molecule has 2 aromatic heterocycles. The van der Waals surface area contributed by atoms with Crippen molar-refractivity contribution in [1.82, 2.24) is 30.9 Å². The van der Waals surface area contributed by atoms with Crippen molar-refractivity contribution in [2.45, 2.75) is 57.8 Å². The number of fused-ring (bicyclic) bond motifs is 1. The SMILES string of the molecule is CCOc1ccc(CCNC(=S)NNC(=O)c2cc(C3CC3)nc3c2c(C2CC2)nn3C)cc1OCC. The Morgan fingerprint density at radius 1 is 1.05 bits per heavy atom. The number of carbonyl (C=O) groups excluding carboxylic acids is 1. The highest BCUT2D eigenvalue weighted by molar-refractivity contribution is 7.80. The van der Waals surface area contributed by atoms with Gasteiger partial charge in [0, 0.05) is 31.1 Å². The molecule has 2 aliphatic rings. The fourth-order valence-electron chi connectivity index (χ4n) is 4.50. The molecular weight excluding hydrogens is 488 g/mol. The molecule has 0 saturated heterocycles. The summed E-state index contributed by atoms with van der Waals surface area (Å²) in [4.78, 5) is 18.1. The fourth-order valence-corrected chi connectivity index (χ4v) is 4.66. The number of benzene rings is 1. The van der Waals surface area contributed by atoms with Crippen molar-refractivity contribution in [3.8, 4) is 11.5 Å². The van der Waals surface area contributed by atoms with E-state index < -0.39 is 0 Å². The number of aryl methyl sites for hydroxylation is 1. The number of hydrogen-bond donors (Lipinski definition) is 3. The summed E-state index contributed by atoms with van der Waals surface area (Å²) in [7, 11) is 1.90. The topological polar surface area (TPSA) is 102 Å². The third kappa shape index (κ3) is 5.79. The van der Waals surface area contributed by atoms with Crippen LogP contribution in [0.5, 0.6) is 11.5 Å². The Morgan fingerprint density at radius 2 is 1.78 bits per heavy atom. The highest BCUT2D eigenvalue weighted by atomic mass is 32.1. The van der Waals surface area contributed by atoms with Gasteiger partial charge in [0.1, 0.15) is 0 Å². The molecular formula is C27H34N6O3S. The molecule has 37 heavy (non-hydrogen) atoms. The molecule has 0 unspecified atom stereocenters. The maximum Gasteiger partial charge on any atom is 0.270 e. The Bertz CT molecular complexity index is 1320. The normalized spacial score (nSPS) is 14.9. The molecule has 1 amide bonds. The van der Waals surface area contributed by atoms with Crippen LogP contribution in [0.2, 0.25) is 0 Å². The van der Waals surface area contributed by atoms with Crippen LogP contribution in [-0.2, 0) is 13.5 Å². The molecule has 0 aliphatic heterocycles. The summed E-state index contributed by atoms with van der Waals surface area (Å²) < 4.78 is 13.2. The van der Waals surface area contributed by atoms with Gasteiger partial charge >= 0.3 is 0 Å². The Hall–Kier alpha value is -3.40. The fraction of sp³-hybridized carbons (Fsp3) is 0.481. The number of nitrogens with zero attached hydrogens (tertiary/aromatic N) is 3. The summed E-state index contributed by atoms with van der Waals surface area (Å²) in [5.41, 5.74) is 10.0. The molecule has 0 radical (unpaired) electrons. The van der Waals surface area contributed by atoms with Crippen LogP contribution in [0.15, 0.2) is 24.3 Å². The molecule has 1 aromatic carbocycles. The Labute approximate surface area is 222 Å². The highest BCUT2D eigenvalue weighted by Crippen LogP contribution is 2.45. The van der Waals surface area contributed by atoms with Gasteiger partial charge in [0.25, 0.3) is 5.91 Å². The van der Waals surface area contributed by atoms with Crippen molar-refractivity contribution in [3.63, 3.8) is 0 Å². The van der Waals surface area contributed by atoms with Gasteiger partial charge in [0.2, 0.25) is 0 Å². The first-order chi connectivity index (χ1) is 18.0. The molecule has 196 valence electrons. The summed E-state index contributed by atoms with van der Waals surface area (Å²) in [6, 6.07) is 7.88. The van der Waals surface area contributed by atoms with Crippen molar-refractivity contribution in [2.24, 2.45) is 7.05 Å². The molecule has 3 N–H and O–H groups in total. The standard InChI is InChI=1S/C27H34N6O3S/c1-4-35-21-11-6-16(14-22(21)36-5-2)12-13-28-27(37)31-30-26(34)19-15-20(17-7-8-17)29-25-23(19)24(18-9-10-18)32-33(25)3/h6,11,14-15,17-18H,4-5,7-10,12-13H2,1-3H3,(H,30,34)(H2,28,31,37). The predicted octanol–water partition coefficient (Wildman–Crippen LogP) is 3.87. The number of nitrogens with one attached hydrogen (secondary N) is 3. The summed E-state index contributed by atoms with van der Waals surface area (Å²) >= 11 is 5.40. The lowest BCUT2D eigenvalue weighted by molar-refractivity contribution is 0.0945. The quantitative estimate of drug-likeness (QED) is 0.272. The van der Waals surface area contributed by atoms with E-state index in [-0.39, 0.29) is 5.91 Å². The Balaban J connectivity index is 1.20. The summed E-state index contributed by atoms with van der Waals surface area (Å²) in [5.74, 6) is 2.09. The van der Waals surface area contributed by atoms with Crippen LogP contribution in [0.4, 0.5) is 0 Å². The first-order valence-corrected chi connectivity index (χ1v) is 13.5. The second kappa shape index (κ2) is 10.9. The minimum Gasteiger partial charge on any atom is -0.490 e. The molecule has 2 aliphatic carbocycles. The number of rotatable bonds is 10. The largest absolute Gasteiger partial charge is 0.490 e. The van der Waals surface area contributed by atoms with Gasteiger partial charge < -0.3 is 14.8 Å². The number of aromatic nitrogens is 3. The van der Waals surface area contributed by atoms with Gasteiger partial charge in [-0.15, -0.1) is 0 Å². The number of thiocarbonyl (C=S) groups is 1. The summed E-state index contributed by atoms with van der Waals surface area (Å²) in [6.07, 6.45) is 5.16. The van der Waals surface area contributed by atoms with Crippen molar-refractivity contribution >= 4 is 34.3 Å². The van der Waals surface area contributed by atoms with E-state index >= 15 is 0 Å². The third-order valence-corrected chi connectivity index (χ3v) is 6.89. The molecule has 10 heteroatoms. The first-order valence-electron chi connectivity index (χ1n) is 13.1. The Kier molecular flexibility index (Phi) is 7.45. The van der Waals surface area contributed by atoms with E-state index in [0.29, 0.717) is 42.3 Å². The van der Waals surface area contributed by atoms with Crippen LogP contribution in [0, 0.1) is 0 Å². The lowest BCUT2D eigenvalue weighted by atomic mass is 10.1. The molecule has 2 fully saturated rings. The number of pyridine rings is 1. The van der Waals surface area contributed by atoms with Gasteiger partial charge in [-0.05, 0) is 81.9 Å². The molecule has 0 spiro atoms.